The minimum Gasteiger partial charge on any atom is -0.303 e. The van der Waals surface area contributed by atoms with E-state index >= 15 is 0 Å². The van der Waals surface area contributed by atoms with Crippen LogP contribution in [-0.2, 0) is 0 Å². The Morgan fingerprint density at radius 1 is 0.478 bits per heavy atom. The van der Waals surface area contributed by atoms with Gasteiger partial charge in [-0.15, -0.1) is 0 Å². The largest absolute Gasteiger partial charge is 0.303 e. The highest BCUT2D eigenvalue weighted by atomic mass is 15.1. The average Bonchev–Trinajstić information content (AvgIpc) is 2.57. The Morgan fingerprint density at radius 3 is 1.22 bits per heavy atom. The van der Waals surface area contributed by atoms with Crippen molar-refractivity contribution in [1.29, 1.82) is 0 Å². The molecule has 0 unspecified atom stereocenters. The van der Waals surface area contributed by atoms with Crippen molar-refractivity contribution in [1.82, 2.24) is 4.90 Å². The van der Waals surface area contributed by atoms with Crippen LogP contribution in [-0.4, -0.2) is 24.5 Å². The predicted octanol–water partition coefficient (Wildman–Crippen LogP) is 7.40. The minimum atomic E-state index is 1.11. The van der Waals surface area contributed by atoms with Gasteiger partial charge >= 0.3 is 0 Å². The number of unbranched alkanes of at least 4 members (excludes halogenated alkanes) is 13. The highest BCUT2D eigenvalue weighted by Gasteiger charge is 2.04. The summed E-state index contributed by atoms with van der Waals surface area (Å²) in [6.07, 6.45) is 22.2. The fraction of sp³-hybridized carbons (Fsp3) is 0.955. The topological polar surface area (TPSA) is 3.24 Å². The normalized spacial score (nSPS) is 11.5. The van der Waals surface area contributed by atoms with Crippen LogP contribution >= 0.6 is 0 Å². The summed E-state index contributed by atoms with van der Waals surface area (Å²) in [6.45, 7) is 12.6. The van der Waals surface area contributed by atoms with E-state index in [4.69, 9.17) is 0 Å². The fourth-order valence-electron chi connectivity index (χ4n) is 3.26. The van der Waals surface area contributed by atoms with Crippen LogP contribution < -0.4 is 0 Å². The van der Waals surface area contributed by atoms with Gasteiger partial charge in [0.2, 0.25) is 0 Å². The molecule has 0 aliphatic rings. The summed E-state index contributed by atoms with van der Waals surface area (Å²) in [5.74, 6) is 0. The van der Waals surface area contributed by atoms with Crippen molar-refractivity contribution in [3.63, 3.8) is 0 Å². The summed E-state index contributed by atoms with van der Waals surface area (Å²) in [7, 11) is 0. The Bertz CT molecular complexity index is 186. The van der Waals surface area contributed by atoms with E-state index in [0.29, 0.717) is 0 Å². The molecule has 0 N–H and O–H groups in total. The maximum atomic E-state index is 3.96. The summed E-state index contributed by atoms with van der Waals surface area (Å²) in [4.78, 5) is 2.75. The lowest BCUT2D eigenvalue weighted by Gasteiger charge is -2.22. The molecule has 0 bridgehead atoms. The zero-order chi connectivity index (χ0) is 17.0. The first-order valence-corrected chi connectivity index (χ1v) is 10.9. The Labute approximate surface area is 148 Å². The number of hydrogen-bond acceptors (Lipinski definition) is 1. The van der Waals surface area contributed by atoms with E-state index in [1.807, 2.05) is 0 Å². The molecule has 23 heavy (non-hydrogen) atoms. The summed E-state index contributed by atoms with van der Waals surface area (Å²) >= 11 is 0. The molecule has 1 heteroatoms. The summed E-state index contributed by atoms with van der Waals surface area (Å²) in [5, 5.41) is 0. The molecule has 0 aromatic heterocycles. The first-order chi connectivity index (χ1) is 11.3. The Balaban J connectivity index is 3.70. The van der Waals surface area contributed by atoms with Gasteiger partial charge in [-0.3, -0.25) is 0 Å². The van der Waals surface area contributed by atoms with Crippen molar-refractivity contribution in [3.8, 4) is 0 Å². The quantitative estimate of drug-likeness (QED) is 0.224. The second-order valence-corrected chi connectivity index (χ2v) is 7.29. The van der Waals surface area contributed by atoms with Crippen LogP contribution in [0, 0.1) is 6.92 Å². The van der Waals surface area contributed by atoms with Gasteiger partial charge in [0.15, 0.2) is 0 Å². The fourth-order valence-corrected chi connectivity index (χ4v) is 3.26. The van der Waals surface area contributed by atoms with Gasteiger partial charge in [-0.2, -0.15) is 0 Å². The molecule has 1 nitrogen and oxygen atoms in total. The molecule has 0 spiro atoms. The lowest BCUT2D eigenvalue weighted by Crippen LogP contribution is -2.27. The molecule has 139 valence electrons. The van der Waals surface area contributed by atoms with Crippen molar-refractivity contribution < 1.29 is 0 Å². The minimum absolute atomic E-state index is 1.11. The molecule has 0 aromatic rings. The molecular weight excluding hydrogens is 278 g/mol. The first kappa shape index (κ1) is 23.0. The third-order valence-corrected chi connectivity index (χ3v) is 4.88. The van der Waals surface area contributed by atoms with E-state index < -0.39 is 0 Å². The highest BCUT2D eigenvalue weighted by Crippen LogP contribution is 2.10. The van der Waals surface area contributed by atoms with Gasteiger partial charge in [0.05, 0.1) is 0 Å². The van der Waals surface area contributed by atoms with Crippen molar-refractivity contribution >= 4 is 0 Å². The van der Waals surface area contributed by atoms with E-state index in [9.17, 15) is 0 Å². The van der Waals surface area contributed by atoms with Gasteiger partial charge in [-0.1, -0.05) is 104 Å². The summed E-state index contributed by atoms with van der Waals surface area (Å²) in [5.41, 5.74) is 0. The third-order valence-electron chi connectivity index (χ3n) is 4.88. The first-order valence-electron chi connectivity index (χ1n) is 10.9. The van der Waals surface area contributed by atoms with Gasteiger partial charge < -0.3 is 4.90 Å². The van der Waals surface area contributed by atoms with E-state index in [1.54, 1.807) is 0 Å². The second kappa shape index (κ2) is 20.0. The molecule has 0 rings (SSSR count). The van der Waals surface area contributed by atoms with Crippen LogP contribution in [0.2, 0.25) is 0 Å². The molecule has 0 fully saturated rings. The highest BCUT2D eigenvalue weighted by molar-refractivity contribution is 4.60. The molecule has 0 aliphatic carbocycles. The predicted molar refractivity (Wildman–Crippen MR) is 107 cm³/mol. The summed E-state index contributed by atoms with van der Waals surface area (Å²) < 4.78 is 0. The molecule has 0 aromatic carbocycles. The van der Waals surface area contributed by atoms with Crippen LogP contribution in [0.5, 0.6) is 0 Å². The van der Waals surface area contributed by atoms with Gasteiger partial charge in [0.1, 0.15) is 0 Å². The maximum absolute atomic E-state index is 3.96. The van der Waals surface area contributed by atoms with E-state index in [1.165, 1.54) is 116 Å². The van der Waals surface area contributed by atoms with Crippen molar-refractivity contribution in [2.45, 2.75) is 117 Å². The standard InChI is InChI=1S/C22H46N/c1-4-7-10-13-15-18-21-23(20-17-12-9-6-3)22-19-16-14-11-8-5-2/h3-22H2,1-2H3. The number of rotatable bonds is 19. The molecule has 0 aliphatic heterocycles. The van der Waals surface area contributed by atoms with E-state index in [0.717, 1.165) is 6.42 Å². The zero-order valence-corrected chi connectivity index (χ0v) is 16.6. The van der Waals surface area contributed by atoms with Crippen molar-refractivity contribution in [2.75, 3.05) is 19.6 Å². The van der Waals surface area contributed by atoms with Crippen LogP contribution in [0.4, 0.5) is 0 Å². The average molecular weight is 325 g/mol. The van der Waals surface area contributed by atoms with Crippen molar-refractivity contribution in [2.24, 2.45) is 0 Å². The number of hydrogen-bond donors (Lipinski definition) is 0. The second-order valence-electron chi connectivity index (χ2n) is 7.29. The van der Waals surface area contributed by atoms with Crippen LogP contribution in [0.15, 0.2) is 0 Å². The maximum Gasteiger partial charge on any atom is -0.00187 e. The van der Waals surface area contributed by atoms with Gasteiger partial charge in [0.25, 0.3) is 0 Å². The molecule has 0 saturated carbocycles. The van der Waals surface area contributed by atoms with Crippen LogP contribution in [0.1, 0.15) is 117 Å². The van der Waals surface area contributed by atoms with Gasteiger partial charge in [0, 0.05) is 0 Å². The third kappa shape index (κ3) is 18.1. The lowest BCUT2D eigenvalue weighted by atomic mass is 10.1. The summed E-state index contributed by atoms with van der Waals surface area (Å²) in [6, 6.07) is 0. The lowest BCUT2D eigenvalue weighted by molar-refractivity contribution is 0.254. The Morgan fingerprint density at radius 2 is 0.826 bits per heavy atom. The molecular formula is C22H46N. The van der Waals surface area contributed by atoms with Gasteiger partial charge in [-0.25, -0.2) is 0 Å². The molecule has 0 atom stereocenters. The Hall–Kier alpha value is -0.0400. The molecule has 0 saturated heterocycles. The van der Waals surface area contributed by atoms with Crippen LogP contribution in [0.25, 0.3) is 0 Å². The molecule has 0 amide bonds. The molecule has 1 radical (unpaired) electrons. The SMILES string of the molecule is [CH2]CCCCCN(CCCCCCCC)CCCCCCCC. The van der Waals surface area contributed by atoms with E-state index in [-0.39, 0.29) is 0 Å². The zero-order valence-electron chi connectivity index (χ0n) is 16.6. The van der Waals surface area contributed by atoms with Gasteiger partial charge in [-0.05, 0) is 38.9 Å². The van der Waals surface area contributed by atoms with Crippen LogP contribution in [0.3, 0.4) is 0 Å². The molecule has 0 heterocycles. The smallest absolute Gasteiger partial charge is 0.00187 e. The monoisotopic (exact) mass is 324 g/mol. The number of nitrogens with zero attached hydrogens (tertiary/aromatic N) is 1. The Kier molecular flexibility index (Phi) is 20.0. The van der Waals surface area contributed by atoms with E-state index in [2.05, 4.69) is 25.7 Å². The van der Waals surface area contributed by atoms with Crippen molar-refractivity contribution in [3.05, 3.63) is 6.92 Å².